The number of esters is 1. The minimum absolute atomic E-state index is 0.0997. The molecule has 0 bridgehead atoms. The van der Waals surface area contributed by atoms with Gasteiger partial charge < -0.3 is 14.8 Å². The Morgan fingerprint density at radius 3 is 2.50 bits per heavy atom. The number of aryl methyl sites for hydroxylation is 1. The van der Waals surface area contributed by atoms with Crippen LogP contribution < -0.4 is 5.32 Å². The number of ether oxygens (including phenoxy) is 2. The predicted molar refractivity (Wildman–Crippen MR) is 82.2 cm³/mol. The molecule has 0 aliphatic heterocycles. The summed E-state index contributed by atoms with van der Waals surface area (Å²) in [6, 6.07) is 2.95. The fourth-order valence-electron chi connectivity index (χ4n) is 1.86. The van der Waals surface area contributed by atoms with Crippen molar-refractivity contribution in [1.29, 1.82) is 0 Å². The van der Waals surface area contributed by atoms with Crippen LogP contribution in [-0.2, 0) is 20.9 Å². The highest BCUT2D eigenvalue weighted by Gasteiger charge is 2.27. The van der Waals surface area contributed by atoms with E-state index in [1.807, 2.05) is 39.8 Å². The van der Waals surface area contributed by atoms with Crippen LogP contribution in [0.15, 0.2) is 18.3 Å². The smallest absolute Gasteiger partial charge is 0.408 e. The zero-order valence-electron chi connectivity index (χ0n) is 13.8. The summed E-state index contributed by atoms with van der Waals surface area (Å²) >= 11 is 0. The average molecular weight is 308 g/mol. The summed E-state index contributed by atoms with van der Waals surface area (Å²) in [6.07, 6.45) is 1.45. The lowest BCUT2D eigenvalue weighted by Crippen LogP contribution is -2.43. The molecule has 1 aromatic heterocycles. The Morgan fingerprint density at radius 2 is 2.00 bits per heavy atom. The number of amides is 1. The van der Waals surface area contributed by atoms with Gasteiger partial charge in [0.1, 0.15) is 12.6 Å². The van der Waals surface area contributed by atoms with E-state index in [0.29, 0.717) is 6.42 Å². The minimum Gasteiger partial charge on any atom is -0.467 e. The van der Waals surface area contributed by atoms with Gasteiger partial charge in [0.15, 0.2) is 0 Å². The SMILES string of the molecule is COC(=O)[C@H](CC(C)(C)C)NC(=O)OCc1ccc(C)nc1. The van der Waals surface area contributed by atoms with Gasteiger partial charge >= 0.3 is 12.1 Å². The first-order valence-corrected chi connectivity index (χ1v) is 7.14. The molecule has 22 heavy (non-hydrogen) atoms. The third-order valence-corrected chi connectivity index (χ3v) is 2.94. The molecular formula is C16H24N2O4. The van der Waals surface area contributed by atoms with E-state index in [1.54, 1.807) is 6.20 Å². The molecule has 0 aliphatic rings. The lowest BCUT2D eigenvalue weighted by Gasteiger charge is -2.24. The first-order chi connectivity index (χ1) is 10.2. The fourth-order valence-corrected chi connectivity index (χ4v) is 1.86. The van der Waals surface area contributed by atoms with Crippen LogP contribution in [0.5, 0.6) is 0 Å². The summed E-state index contributed by atoms with van der Waals surface area (Å²) in [7, 11) is 1.29. The van der Waals surface area contributed by atoms with E-state index in [0.717, 1.165) is 11.3 Å². The van der Waals surface area contributed by atoms with Gasteiger partial charge in [-0.05, 0) is 24.8 Å². The molecule has 0 unspecified atom stereocenters. The maximum absolute atomic E-state index is 11.8. The Kier molecular flexibility index (Phi) is 6.34. The lowest BCUT2D eigenvalue weighted by atomic mass is 9.88. The zero-order chi connectivity index (χ0) is 16.8. The van der Waals surface area contributed by atoms with E-state index in [1.165, 1.54) is 7.11 Å². The van der Waals surface area contributed by atoms with E-state index in [-0.39, 0.29) is 12.0 Å². The van der Waals surface area contributed by atoms with Crippen molar-refractivity contribution >= 4 is 12.1 Å². The summed E-state index contributed by atoms with van der Waals surface area (Å²) in [4.78, 5) is 27.7. The number of hydrogen-bond acceptors (Lipinski definition) is 5. The Bertz CT molecular complexity index is 506. The molecule has 6 nitrogen and oxygen atoms in total. The largest absolute Gasteiger partial charge is 0.467 e. The van der Waals surface area contributed by atoms with Crippen LogP contribution in [0.1, 0.15) is 38.4 Å². The van der Waals surface area contributed by atoms with Crippen molar-refractivity contribution in [3.8, 4) is 0 Å². The van der Waals surface area contributed by atoms with Crippen LogP contribution in [0.4, 0.5) is 4.79 Å². The maximum atomic E-state index is 11.8. The van der Waals surface area contributed by atoms with Gasteiger partial charge in [-0.3, -0.25) is 4.98 Å². The highest BCUT2D eigenvalue weighted by atomic mass is 16.6. The molecule has 1 N–H and O–H groups in total. The highest BCUT2D eigenvalue weighted by Crippen LogP contribution is 2.21. The Hall–Kier alpha value is -2.11. The van der Waals surface area contributed by atoms with E-state index in [9.17, 15) is 9.59 Å². The molecule has 0 fully saturated rings. The maximum Gasteiger partial charge on any atom is 0.408 e. The molecule has 0 radical (unpaired) electrons. The van der Waals surface area contributed by atoms with Gasteiger partial charge in [0.25, 0.3) is 0 Å². The summed E-state index contributed by atoms with van der Waals surface area (Å²) in [5.74, 6) is -0.483. The zero-order valence-corrected chi connectivity index (χ0v) is 13.8. The van der Waals surface area contributed by atoms with Gasteiger partial charge in [-0.2, -0.15) is 0 Å². The number of carbonyl (C=O) groups excluding carboxylic acids is 2. The molecule has 1 heterocycles. The molecule has 1 atom stereocenters. The summed E-state index contributed by atoms with van der Waals surface area (Å²) in [6.45, 7) is 7.92. The van der Waals surface area contributed by atoms with Gasteiger partial charge in [-0.15, -0.1) is 0 Å². The molecule has 0 saturated heterocycles. The summed E-state index contributed by atoms with van der Waals surface area (Å²) in [5.41, 5.74) is 1.54. The molecule has 0 saturated carbocycles. The Balaban J connectivity index is 2.55. The van der Waals surface area contributed by atoms with Gasteiger partial charge in [0.2, 0.25) is 0 Å². The van der Waals surface area contributed by atoms with E-state index < -0.39 is 18.1 Å². The van der Waals surface area contributed by atoms with Crippen LogP contribution in [0.2, 0.25) is 0 Å². The first kappa shape index (κ1) is 17.9. The fraction of sp³-hybridized carbons (Fsp3) is 0.562. The predicted octanol–water partition coefficient (Wildman–Crippen LogP) is 2.59. The molecular weight excluding hydrogens is 284 g/mol. The monoisotopic (exact) mass is 308 g/mol. The van der Waals surface area contributed by atoms with Crippen LogP contribution >= 0.6 is 0 Å². The van der Waals surface area contributed by atoms with Crippen molar-refractivity contribution < 1.29 is 19.1 Å². The number of methoxy groups -OCH3 is 1. The first-order valence-electron chi connectivity index (χ1n) is 7.14. The second-order valence-electron chi connectivity index (χ2n) is 6.37. The number of hydrogen-bond donors (Lipinski definition) is 1. The van der Waals surface area contributed by atoms with Crippen LogP contribution in [0.25, 0.3) is 0 Å². The van der Waals surface area contributed by atoms with Crippen LogP contribution in [-0.4, -0.2) is 30.2 Å². The highest BCUT2D eigenvalue weighted by molar-refractivity contribution is 5.81. The summed E-state index contributed by atoms with van der Waals surface area (Å²) < 4.78 is 9.83. The number of pyridine rings is 1. The standard InChI is InChI=1S/C16H24N2O4/c1-11-6-7-12(9-17-11)10-22-15(20)18-13(14(19)21-5)8-16(2,3)4/h6-7,9,13H,8,10H2,1-5H3,(H,18,20)/t13-/m0/s1. The lowest BCUT2D eigenvalue weighted by molar-refractivity contribution is -0.143. The Morgan fingerprint density at radius 1 is 1.32 bits per heavy atom. The molecule has 122 valence electrons. The molecule has 6 heteroatoms. The molecule has 0 spiro atoms. The average Bonchev–Trinajstić information content (AvgIpc) is 2.43. The van der Waals surface area contributed by atoms with Crippen molar-refractivity contribution in [3.05, 3.63) is 29.6 Å². The topological polar surface area (TPSA) is 77.5 Å². The number of aromatic nitrogens is 1. The van der Waals surface area contributed by atoms with Crippen molar-refractivity contribution in [3.63, 3.8) is 0 Å². The van der Waals surface area contributed by atoms with E-state index in [2.05, 4.69) is 10.3 Å². The third kappa shape index (κ3) is 6.56. The normalized spacial score (nSPS) is 12.4. The number of nitrogens with zero attached hydrogens (tertiary/aromatic N) is 1. The van der Waals surface area contributed by atoms with Gasteiger partial charge in [0.05, 0.1) is 7.11 Å². The van der Waals surface area contributed by atoms with E-state index in [4.69, 9.17) is 9.47 Å². The quantitative estimate of drug-likeness (QED) is 0.846. The number of nitrogens with one attached hydrogen (secondary N) is 1. The number of rotatable bonds is 5. The van der Waals surface area contributed by atoms with Gasteiger partial charge in [-0.25, -0.2) is 9.59 Å². The summed E-state index contributed by atoms with van der Waals surface area (Å²) in [5, 5.41) is 2.55. The molecule has 0 aromatic carbocycles. The third-order valence-electron chi connectivity index (χ3n) is 2.94. The Labute approximate surface area is 131 Å². The van der Waals surface area contributed by atoms with Crippen LogP contribution in [0, 0.1) is 12.3 Å². The van der Waals surface area contributed by atoms with Crippen molar-refractivity contribution in [1.82, 2.24) is 10.3 Å². The minimum atomic E-state index is -0.728. The molecule has 0 aliphatic carbocycles. The van der Waals surface area contributed by atoms with Crippen molar-refractivity contribution in [2.75, 3.05) is 7.11 Å². The van der Waals surface area contributed by atoms with Crippen molar-refractivity contribution in [2.45, 2.75) is 46.8 Å². The number of alkyl carbamates (subject to hydrolysis) is 1. The van der Waals surface area contributed by atoms with Crippen LogP contribution in [0.3, 0.4) is 0 Å². The van der Waals surface area contributed by atoms with Gasteiger partial charge in [0, 0.05) is 17.5 Å². The number of carbonyl (C=O) groups is 2. The van der Waals surface area contributed by atoms with Crippen molar-refractivity contribution in [2.24, 2.45) is 5.41 Å². The second-order valence-corrected chi connectivity index (χ2v) is 6.37. The molecule has 1 amide bonds. The van der Waals surface area contributed by atoms with E-state index >= 15 is 0 Å². The van der Waals surface area contributed by atoms with Gasteiger partial charge in [-0.1, -0.05) is 26.8 Å². The molecule has 1 aromatic rings. The second kappa shape index (κ2) is 7.77. The molecule has 1 rings (SSSR count).